The van der Waals surface area contributed by atoms with Crippen molar-refractivity contribution in [2.75, 3.05) is 37.9 Å². The van der Waals surface area contributed by atoms with Crippen LogP contribution in [0.3, 0.4) is 0 Å². The molecule has 2 aromatic rings. The number of nitrogens with zero attached hydrogens (tertiary/aromatic N) is 2. The molecule has 0 radical (unpaired) electrons. The maximum Gasteiger partial charge on any atom is 0.244 e. The molecule has 1 fully saturated rings. The highest BCUT2D eigenvalue weighted by Crippen LogP contribution is 2.33. The first-order chi connectivity index (χ1) is 18.7. The minimum atomic E-state index is -3.88. The van der Waals surface area contributed by atoms with Crippen LogP contribution in [0.2, 0.25) is 0 Å². The molecule has 0 saturated heterocycles. The monoisotopic (exact) mass is 559 g/mol. The normalized spacial score (nSPS) is 14.8. The second-order valence-corrected chi connectivity index (χ2v) is 11.8. The first kappa shape index (κ1) is 30.3. The molecule has 2 aromatic carbocycles. The Balaban J connectivity index is 1.91. The number of hydrogen-bond acceptors (Lipinski definition) is 6. The molecule has 39 heavy (non-hydrogen) atoms. The molecule has 1 N–H and O–H groups in total. The van der Waals surface area contributed by atoms with E-state index in [1.165, 1.54) is 25.5 Å². The molecule has 0 heterocycles. The number of methoxy groups -OCH3 is 2. The number of carbonyl (C=O) groups excluding carboxylic acids is 2. The van der Waals surface area contributed by atoms with Crippen LogP contribution in [0.15, 0.2) is 48.5 Å². The highest BCUT2D eigenvalue weighted by atomic mass is 32.2. The lowest BCUT2D eigenvalue weighted by Gasteiger charge is -2.34. The van der Waals surface area contributed by atoms with Crippen LogP contribution in [0.4, 0.5) is 5.69 Å². The average Bonchev–Trinajstić information content (AvgIpc) is 2.94. The van der Waals surface area contributed by atoms with Crippen LogP contribution in [0, 0.1) is 0 Å². The van der Waals surface area contributed by atoms with E-state index in [0.717, 1.165) is 41.8 Å². The second-order valence-electron chi connectivity index (χ2n) is 9.90. The fraction of sp³-hybridized carbons (Fsp3) is 0.517. The van der Waals surface area contributed by atoms with E-state index in [4.69, 9.17) is 9.47 Å². The molecule has 1 aliphatic carbocycles. The number of ether oxygens (including phenoxy) is 2. The van der Waals surface area contributed by atoms with E-state index in [0.29, 0.717) is 18.6 Å². The number of rotatable bonds is 13. The Bertz CT molecular complexity index is 1200. The van der Waals surface area contributed by atoms with E-state index in [-0.39, 0.29) is 29.9 Å². The standard InChI is InChI=1S/C29H41N3O6S/c1-5-25(29(34)30-23-14-10-7-11-15-23)31(19-18-22-12-8-6-9-13-22)28(33)21-32(39(4,35)36)26-17-16-24(37-2)20-27(26)38-3/h6,8-9,12-13,16-17,20,23,25H,5,7,10-11,14-15,18-19,21H2,1-4H3,(H,30,34)/t25-/m0/s1. The van der Waals surface area contributed by atoms with Crippen LogP contribution < -0.4 is 19.1 Å². The van der Waals surface area contributed by atoms with Gasteiger partial charge in [-0.3, -0.25) is 13.9 Å². The van der Waals surface area contributed by atoms with Crippen molar-refractivity contribution in [2.45, 2.75) is 64.0 Å². The molecule has 10 heteroatoms. The Morgan fingerprint density at radius 2 is 1.72 bits per heavy atom. The zero-order chi connectivity index (χ0) is 28.4. The predicted octanol–water partition coefficient (Wildman–Crippen LogP) is 3.77. The van der Waals surface area contributed by atoms with E-state index in [2.05, 4.69) is 5.32 Å². The number of sulfonamides is 1. The number of nitrogens with one attached hydrogen (secondary N) is 1. The molecule has 0 spiro atoms. The van der Waals surface area contributed by atoms with Gasteiger partial charge in [-0.1, -0.05) is 56.5 Å². The van der Waals surface area contributed by atoms with Crippen molar-refractivity contribution in [1.82, 2.24) is 10.2 Å². The van der Waals surface area contributed by atoms with Crippen molar-refractivity contribution in [3.63, 3.8) is 0 Å². The molecule has 214 valence electrons. The molecule has 0 aromatic heterocycles. The lowest BCUT2D eigenvalue weighted by molar-refractivity contribution is -0.140. The van der Waals surface area contributed by atoms with Gasteiger partial charge in [0.05, 0.1) is 26.2 Å². The summed E-state index contributed by atoms with van der Waals surface area (Å²) in [4.78, 5) is 28.9. The first-order valence-electron chi connectivity index (χ1n) is 13.5. The molecular weight excluding hydrogens is 518 g/mol. The van der Waals surface area contributed by atoms with Gasteiger partial charge in [0.15, 0.2) is 0 Å². The molecule has 0 unspecified atom stereocenters. The Morgan fingerprint density at radius 3 is 2.31 bits per heavy atom. The van der Waals surface area contributed by atoms with E-state index in [1.807, 2.05) is 37.3 Å². The quantitative estimate of drug-likeness (QED) is 0.401. The van der Waals surface area contributed by atoms with Crippen molar-refractivity contribution in [3.05, 3.63) is 54.1 Å². The van der Waals surface area contributed by atoms with E-state index in [9.17, 15) is 18.0 Å². The summed E-state index contributed by atoms with van der Waals surface area (Å²) in [6.45, 7) is 1.68. The van der Waals surface area contributed by atoms with E-state index in [1.54, 1.807) is 18.2 Å². The van der Waals surface area contributed by atoms with Crippen molar-refractivity contribution < 1.29 is 27.5 Å². The number of benzene rings is 2. The zero-order valence-corrected chi connectivity index (χ0v) is 24.2. The van der Waals surface area contributed by atoms with Crippen LogP contribution in [0.5, 0.6) is 11.5 Å². The molecule has 0 aliphatic heterocycles. The average molecular weight is 560 g/mol. The molecular formula is C29H41N3O6S. The summed E-state index contributed by atoms with van der Waals surface area (Å²) in [6.07, 6.45) is 7.16. The van der Waals surface area contributed by atoms with Gasteiger partial charge in [-0.05, 0) is 43.4 Å². The van der Waals surface area contributed by atoms with Crippen LogP contribution >= 0.6 is 0 Å². The van der Waals surface area contributed by atoms with Gasteiger partial charge in [-0.2, -0.15) is 0 Å². The van der Waals surface area contributed by atoms with Gasteiger partial charge in [0.1, 0.15) is 24.1 Å². The van der Waals surface area contributed by atoms with Crippen molar-refractivity contribution in [1.29, 1.82) is 0 Å². The van der Waals surface area contributed by atoms with E-state index >= 15 is 0 Å². The molecule has 0 bridgehead atoms. The zero-order valence-electron chi connectivity index (χ0n) is 23.4. The summed E-state index contributed by atoms with van der Waals surface area (Å²) in [5.41, 5.74) is 1.24. The third-order valence-corrected chi connectivity index (χ3v) is 8.28. The molecule has 1 aliphatic rings. The minimum absolute atomic E-state index is 0.0995. The van der Waals surface area contributed by atoms with Gasteiger partial charge in [0.2, 0.25) is 21.8 Å². The Labute approximate surface area is 232 Å². The predicted molar refractivity (Wildman–Crippen MR) is 153 cm³/mol. The molecule has 1 atom stereocenters. The lowest BCUT2D eigenvalue weighted by Crippen LogP contribution is -2.54. The van der Waals surface area contributed by atoms with Gasteiger partial charge >= 0.3 is 0 Å². The Hall–Kier alpha value is -3.27. The fourth-order valence-electron chi connectivity index (χ4n) is 5.03. The van der Waals surface area contributed by atoms with Gasteiger partial charge in [0, 0.05) is 18.7 Å². The number of amides is 2. The third-order valence-electron chi connectivity index (χ3n) is 7.16. The highest BCUT2D eigenvalue weighted by molar-refractivity contribution is 7.92. The maximum absolute atomic E-state index is 13.9. The number of hydrogen-bond donors (Lipinski definition) is 1. The van der Waals surface area contributed by atoms with Crippen LogP contribution in [-0.4, -0.2) is 70.8 Å². The van der Waals surface area contributed by atoms with Gasteiger partial charge in [0.25, 0.3) is 0 Å². The van der Waals surface area contributed by atoms with Crippen LogP contribution in [-0.2, 0) is 26.0 Å². The molecule has 2 amide bonds. The van der Waals surface area contributed by atoms with Crippen molar-refractivity contribution in [2.24, 2.45) is 0 Å². The smallest absolute Gasteiger partial charge is 0.244 e. The fourth-order valence-corrected chi connectivity index (χ4v) is 5.88. The van der Waals surface area contributed by atoms with Gasteiger partial charge in [-0.15, -0.1) is 0 Å². The largest absolute Gasteiger partial charge is 0.497 e. The van der Waals surface area contributed by atoms with E-state index < -0.39 is 28.5 Å². The SMILES string of the molecule is CC[C@@H](C(=O)NC1CCCCC1)N(CCc1ccccc1)C(=O)CN(c1ccc(OC)cc1OC)S(C)(=O)=O. The van der Waals surface area contributed by atoms with Crippen molar-refractivity contribution >= 4 is 27.5 Å². The number of carbonyl (C=O) groups is 2. The maximum atomic E-state index is 13.9. The summed E-state index contributed by atoms with van der Waals surface area (Å²) < 4.78 is 37.5. The summed E-state index contributed by atoms with van der Waals surface area (Å²) in [6, 6.07) is 13.8. The van der Waals surface area contributed by atoms with Gasteiger partial charge < -0.3 is 19.7 Å². The highest BCUT2D eigenvalue weighted by Gasteiger charge is 2.33. The number of anilines is 1. The minimum Gasteiger partial charge on any atom is -0.497 e. The van der Waals surface area contributed by atoms with Crippen molar-refractivity contribution in [3.8, 4) is 11.5 Å². The Morgan fingerprint density at radius 1 is 1.03 bits per heavy atom. The summed E-state index contributed by atoms with van der Waals surface area (Å²) in [5.74, 6) is 0.0920. The summed E-state index contributed by atoms with van der Waals surface area (Å²) in [5, 5.41) is 3.15. The lowest BCUT2D eigenvalue weighted by atomic mass is 9.95. The second kappa shape index (κ2) is 14.2. The van der Waals surface area contributed by atoms with Crippen LogP contribution in [0.25, 0.3) is 0 Å². The third kappa shape index (κ3) is 8.36. The summed E-state index contributed by atoms with van der Waals surface area (Å²) >= 11 is 0. The molecule has 1 saturated carbocycles. The summed E-state index contributed by atoms with van der Waals surface area (Å²) in [7, 11) is -0.951. The molecule has 3 rings (SSSR count). The topological polar surface area (TPSA) is 105 Å². The molecule has 9 nitrogen and oxygen atoms in total. The van der Waals surface area contributed by atoms with Gasteiger partial charge in [-0.25, -0.2) is 8.42 Å². The first-order valence-corrected chi connectivity index (χ1v) is 15.4. The van der Waals surface area contributed by atoms with Crippen LogP contribution in [0.1, 0.15) is 51.0 Å². The Kier molecular flexibility index (Phi) is 11.0.